The summed E-state index contributed by atoms with van der Waals surface area (Å²) in [5.41, 5.74) is 8.20. The van der Waals surface area contributed by atoms with Crippen LogP contribution in [0.25, 0.3) is 0 Å². The maximum absolute atomic E-state index is 6.25. The van der Waals surface area contributed by atoms with Crippen LogP contribution in [0.1, 0.15) is 18.9 Å². The summed E-state index contributed by atoms with van der Waals surface area (Å²) in [5, 5.41) is 0.863. The summed E-state index contributed by atoms with van der Waals surface area (Å²) >= 11 is 6.25. The SMILES string of the molecule is CC(CCN)C1Cc2cccc(Cl)c2N1C. The van der Waals surface area contributed by atoms with Gasteiger partial charge < -0.3 is 10.6 Å². The molecule has 0 aromatic heterocycles. The number of para-hydroxylation sites is 1. The van der Waals surface area contributed by atoms with Gasteiger partial charge in [0.15, 0.2) is 0 Å². The summed E-state index contributed by atoms with van der Waals surface area (Å²) < 4.78 is 0. The molecule has 1 aromatic rings. The smallest absolute Gasteiger partial charge is 0.0642 e. The van der Waals surface area contributed by atoms with Gasteiger partial charge in [-0.05, 0) is 36.9 Å². The Hall–Kier alpha value is -0.730. The molecular weight excluding hydrogens is 220 g/mol. The molecule has 0 amide bonds. The first kappa shape index (κ1) is 11.7. The minimum absolute atomic E-state index is 0.540. The zero-order valence-corrected chi connectivity index (χ0v) is 10.7. The summed E-state index contributed by atoms with van der Waals surface area (Å²) in [5.74, 6) is 0.610. The van der Waals surface area contributed by atoms with Crippen molar-refractivity contribution in [2.24, 2.45) is 11.7 Å². The number of halogens is 1. The maximum Gasteiger partial charge on any atom is 0.0642 e. The van der Waals surface area contributed by atoms with E-state index in [-0.39, 0.29) is 0 Å². The summed E-state index contributed by atoms with van der Waals surface area (Å²) in [6, 6.07) is 6.71. The van der Waals surface area contributed by atoms with Crippen molar-refractivity contribution in [1.82, 2.24) is 0 Å². The van der Waals surface area contributed by atoms with Gasteiger partial charge in [-0.3, -0.25) is 0 Å². The van der Waals surface area contributed by atoms with E-state index >= 15 is 0 Å². The lowest BCUT2D eigenvalue weighted by atomic mass is 9.95. The lowest BCUT2D eigenvalue weighted by Crippen LogP contribution is -2.35. The molecule has 0 bridgehead atoms. The molecule has 3 heteroatoms. The minimum Gasteiger partial charge on any atom is -0.370 e. The fourth-order valence-electron chi connectivity index (χ4n) is 2.69. The van der Waals surface area contributed by atoms with Gasteiger partial charge in [-0.15, -0.1) is 0 Å². The number of nitrogens with two attached hydrogens (primary N) is 1. The maximum atomic E-state index is 6.25. The van der Waals surface area contributed by atoms with Crippen LogP contribution in [-0.2, 0) is 6.42 Å². The first-order chi connectivity index (χ1) is 7.65. The largest absolute Gasteiger partial charge is 0.370 e. The first-order valence-corrected chi connectivity index (χ1v) is 6.23. The van der Waals surface area contributed by atoms with E-state index in [2.05, 4.69) is 24.9 Å². The van der Waals surface area contributed by atoms with Gasteiger partial charge in [-0.1, -0.05) is 30.7 Å². The topological polar surface area (TPSA) is 29.3 Å². The molecule has 1 aromatic carbocycles. The fourth-order valence-corrected chi connectivity index (χ4v) is 3.01. The van der Waals surface area contributed by atoms with Gasteiger partial charge in [-0.2, -0.15) is 0 Å². The minimum atomic E-state index is 0.540. The molecular formula is C13H19ClN2. The van der Waals surface area contributed by atoms with E-state index in [9.17, 15) is 0 Å². The number of hydrogen-bond donors (Lipinski definition) is 1. The van der Waals surface area contributed by atoms with Crippen LogP contribution >= 0.6 is 11.6 Å². The molecule has 1 aliphatic heterocycles. The predicted molar refractivity (Wildman–Crippen MR) is 70.2 cm³/mol. The van der Waals surface area contributed by atoms with E-state index in [4.69, 9.17) is 17.3 Å². The number of hydrogen-bond acceptors (Lipinski definition) is 2. The number of likely N-dealkylation sites (N-methyl/N-ethyl adjacent to an activating group) is 1. The monoisotopic (exact) mass is 238 g/mol. The predicted octanol–water partition coefficient (Wildman–Crippen LogP) is 2.69. The highest BCUT2D eigenvalue weighted by Crippen LogP contribution is 2.39. The standard InChI is InChI=1S/C13H19ClN2/c1-9(6-7-15)12-8-10-4-3-5-11(14)13(10)16(12)2/h3-5,9,12H,6-8,15H2,1-2H3. The van der Waals surface area contributed by atoms with Gasteiger partial charge in [0, 0.05) is 13.1 Å². The van der Waals surface area contributed by atoms with Crippen molar-refractivity contribution < 1.29 is 0 Å². The van der Waals surface area contributed by atoms with E-state index in [1.165, 1.54) is 11.3 Å². The summed E-state index contributed by atoms with van der Waals surface area (Å²) in [4.78, 5) is 2.32. The molecule has 0 radical (unpaired) electrons. The Kier molecular flexibility index (Phi) is 3.41. The molecule has 2 nitrogen and oxygen atoms in total. The second-order valence-electron chi connectivity index (χ2n) is 4.68. The van der Waals surface area contributed by atoms with E-state index in [1.54, 1.807) is 0 Å². The molecule has 0 saturated heterocycles. The highest BCUT2D eigenvalue weighted by molar-refractivity contribution is 6.33. The first-order valence-electron chi connectivity index (χ1n) is 5.85. The number of fused-ring (bicyclic) bond motifs is 1. The van der Waals surface area contributed by atoms with Gasteiger partial charge >= 0.3 is 0 Å². The molecule has 1 aliphatic rings. The summed E-state index contributed by atoms with van der Waals surface area (Å²) in [6.45, 7) is 3.03. The number of nitrogens with zero attached hydrogens (tertiary/aromatic N) is 1. The highest BCUT2D eigenvalue weighted by Gasteiger charge is 2.31. The number of anilines is 1. The van der Waals surface area contributed by atoms with E-state index in [0.717, 1.165) is 24.4 Å². The lowest BCUT2D eigenvalue weighted by Gasteiger charge is -2.28. The van der Waals surface area contributed by atoms with Crippen molar-refractivity contribution in [3.63, 3.8) is 0 Å². The van der Waals surface area contributed by atoms with Crippen LogP contribution in [0.4, 0.5) is 5.69 Å². The highest BCUT2D eigenvalue weighted by atomic mass is 35.5. The average Bonchev–Trinajstić information content (AvgIpc) is 2.58. The molecule has 0 spiro atoms. The van der Waals surface area contributed by atoms with Crippen molar-refractivity contribution in [3.8, 4) is 0 Å². The second kappa shape index (κ2) is 4.64. The fraction of sp³-hybridized carbons (Fsp3) is 0.538. The van der Waals surface area contributed by atoms with E-state index < -0.39 is 0 Å². The van der Waals surface area contributed by atoms with E-state index in [1.807, 2.05) is 12.1 Å². The Morgan fingerprint density at radius 1 is 1.56 bits per heavy atom. The lowest BCUT2D eigenvalue weighted by molar-refractivity contribution is 0.430. The zero-order valence-electron chi connectivity index (χ0n) is 9.91. The molecule has 2 N–H and O–H groups in total. The van der Waals surface area contributed by atoms with Crippen molar-refractivity contribution in [2.45, 2.75) is 25.8 Å². The number of rotatable bonds is 3. The van der Waals surface area contributed by atoms with Crippen LogP contribution < -0.4 is 10.6 Å². The molecule has 16 heavy (non-hydrogen) atoms. The van der Waals surface area contributed by atoms with Crippen LogP contribution in [0.15, 0.2) is 18.2 Å². The van der Waals surface area contributed by atoms with Gasteiger partial charge in [0.2, 0.25) is 0 Å². The Morgan fingerprint density at radius 2 is 2.31 bits per heavy atom. The molecule has 1 heterocycles. The third kappa shape index (κ3) is 1.92. The average molecular weight is 239 g/mol. The molecule has 2 atom stereocenters. The van der Waals surface area contributed by atoms with Gasteiger partial charge in [-0.25, -0.2) is 0 Å². The number of benzene rings is 1. The molecule has 2 rings (SSSR count). The Balaban J connectivity index is 2.24. The van der Waals surface area contributed by atoms with Gasteiger partial charge in [0.25, 0.3) is 0 Å². The van der Waals surface area contributed by atoms with Crippen LogP contribution in [0.5, 0.6) is 0 Å². The summed E-state index contributed by atoms with van der Waals surface area (Å²) in [6.07, 6.45) is 2.16. The van der Waals surface area contributed by atoms with Crippen LogP contribution in [-0.4, -0.2) is 19.6 Å². The van der Waals surface area contributed by atoms with Crippen LogP contribution in [0, 0.1) is 5.92 Å². The van der Waals surface area contributed by atoms with Gasteiger partial charge in [0.1, 0.15) is 0 Å². The molecule has 0 fully saturated rings. The van der Waals surface area contributed by atoms with E-state index in [0.29, 0.717) is 12.0 Å². The Labute approximate surface area is 102 Å². The van der Waals surface area contributed by atoms with Crippen molar-refractivity contribution in [2.75, 3.05) is 18.5 Å². The normalized spacial score (nSPS) is 21.0. The Bertz CT molecular complexity index is 378. The van der Waals surface area contributed by atoms with Crippen LogP contribution in [0.3, 0.4) is 0 Å². The zero-order chi connectivity index (χ0) is 11.7. The quantitative estimate of drug-likeness (QED) is 0.878. The van der Waals surface area contributed by atoms with Crippen molar-refractivity contribution in [1.29, 1.82) is 0 Å². The Morgan fingerprint density at radius 3 is 2.94 bits per heavy atom. The molecule has 88 valence electrons. The third-order valence-electron chi connectivity index (χ3n) is 3.63. The molecule has 2 unspecified atom stereocenters. The van der Waals surface area contributed by atoms with Crippen molar-refractivity contribution in [3.05, 3.63) is 28.8 Å². The van der Waals surface area contributed by atoms with Crippen LogP contribution in [0.2, 0.25) is 5.02 Å². The third-order valence-corrected chi connectivity index (χ3v) is 3.93. The summed E-state index contributed by atoms with van der Waals surface area (Å²) in [7, 11) is 2.13. The molecule has 0 aliphatic carbocycles. The molecule has 0 saturated carbocycles. The van der Waals surface area contributed by atoms with Crippen molar-refractivity contribution >= 4 is 17.3 Å². The second-order valence-corrected chi connectivity index (χ2v) is 5.09. The van der Waals surface area contributed by atoms with Gasteiger partial charge in [0.05, 0.1) is 10.7 Å².